The number of benzene rings is 1. The largest absolute Gasteiger partial charge is 0.545 e. The van der Waals surface area contributed by atoms with Crippen LogP contribution >= 0.6 is 11.6 Å². The molecule has 0 N–H and O–H groups in total. The summed E-state index contributed by atoms with van der Waals surface area (Å²) in [5.74, 6) is 0.286. The number of alkyl halides is 3. The Bertz CT molecular complexity index is 993. The van der Waals surface area contributed by atoms with Crippen LogP contribution in [0.1, 0.15) is 31.9 Å². The fourth-order valence-electron chi connectivity index (χ4n) is 3.20. The van der Waals surface area contributed by atoms with Gasteiger partial charge in [-0.25, -0.2) is 0 Å². The minimum absolute atomic E-state index is 0.138. The predicted molar refractivity (Wildman–Crippen MR) is 116 cm³/mol. The van der Waals surface area contributed by atoms with Gasteiger partial charge < -0.3 is 14.1 Å². The van der Waals surface area contributed by atoms with Crippen LogP contribution in [0.2, 0.25) is 23.2 Å². The first-order chi connectivity index (χ1) is 14.2. The van der Waals surface area contributed by atoms with Crippen molar-refractivity contribution in [1.82, 2.24) is 4.90 Å². The highest BCUT2D eigenvalue weighted by Crippen LogP contribution is 2.44. The average Bonchev–Trinajstić information content (AvgIpc) is 3.19. The predicted octanol–water partition coefficient (Wildman–Crippen LogP) is 6.06. The smallest absolute Gasteiger partial charge is 0.428 e. The zero-order chi connectivity index (χ0) is 23.4. The highest BCUT2D eigenvalue weighted by atomic mass is 35.5. The summed E-state index contributed by atoms with van der Waals surface area (Å²) < 4.78 is 53.1. The lowest BCUT2D eigenvalue weighted by Gasteiger charge is -2.38. The lowest BCUT2D eigenvalue weighted by molar-refractivity contribution is -0.197. The van der Waals surface area contributed by atoms with Crippen LogP contribution in [0, 0.1) is 18.3 Å². The molecule has 1 fully saturated rings. The Morgan fingerprint density at radius 3 is 2.48 bits per heavy atom. The van der Waals surface area contributed by atoms with Gasteiger partial charge in [0, 0.05) is 6.54 Å². The van der Waals surface area contributed by atoms with E-state index in [0.717, 1.165) is 0 Å². The molecule has 1 aromatic rings. The molecule has 1 aromatic carbocycles. The first kappa shape index (κ1) is 23.5. The van der Waals surface area contributed by atoms with Crippen molar-refractivity contribution < 1.29 is 22.3 Å². The third-order valence-electron chi connectivity index (χ3n) is 6.08. The first-order valence-corrected chi connectivity index (χ1v) is 13.1. The quantitative estimate of drug-likeness (QED) is 0.503. The summed E-state index contributed by atoms with van der Waals surface area (Å²) in [4.78, 5) is 5.79. The maximum Gasteiger partial charge on any atom is 0.428 e. The van der Waals surface area contributed by atoms with E-state index in [-0.39, 0.29) is 33.9 Å². The van der Waals surface area contributed by atoms with Crippen molar-refractivity contribution in [2.24, 2.45) is 4.99 Å². The van der Waals surface area contributed by atoms with Crippen molar-refractivity contribution in [1.29, 1.82) is 5.26 Å². The number of hydrogen-bond donors (Lipinski definition) is 0. The molecule has 31 heavy (non-hydrogen) atoms. The van der Waals surface area contributed by atoms with Crippen molar-refractivity contribution in [2.45, 2.75) is 64.1 Å². The third-order valence-corrected chi connectivity index (χ3v) is 10.9. The van der Waals surface area contributed by atoms with Gasteiger partial charge in [0.25, 0.3) is 6.02 Å². The van der Waals surface area contributed by atoms with E-state index in [9.17, 15) is 13.2 Å². The SMILES string of the molecule is Cc1c(N=C2O[C@@H](C(F)(F)F)[C@H]3C(O[Si](C)(C)C(C)(C)C)=CCN23)ccc(C#N)c1Cl. The first-order valence-electron chi connectivity index (χ1n) is 9.84. The number of ether oxygens (including phenoxy) is 1. The van der Waals surface area contributed by atoms with Crippen LogP contribution in [0.5, 0.6) is 0 Å². The number of rotatable bonds is 3. The molecule has 3 rings (SSSR count). The molecule has 2 aliphatic rings. The van der Waals surface area contributed by atoms with Gasteiger partial charge in [-0.1, -0.05) is 32.4 Å². The summed E-state index contributed by atoms with van der Waals surface area (Å²) in [6.07, 6.45) is -5.00. The Balaban J connectivity index is 1.98. The maximum atomic E-state index is 13.9. The van der Waals surface area contributed by atoms with E-state index in [1.54, 1.807) is 19.1 Å². The lowest BCUT2D eigenvalue weighted by Crippen LogP contribution is -2.46. The van der Waals surface area contributed by atoms with E-state index in [2.05, 4.69) is 4.99 Å². The molecule has 1 saturated heterocycles. The Labute approximate surface area is 186 Å². The third kappa shape index (κ3) is 4.28. The second kappa shape index (κ2) is 7.75. The van der Waals surface area contributed by atoms with E-state index >= 15 is 0 Å². The summed E-state index contributed by atoms with van der Waals surface area (Å²) in [7, 11) is -2.35. The summed E-state index contributed by atoms with van der Waals surface area (Å²) >= 11 is 6.18. The number of nitriles is 1. The fourth-order valence-corrected chi connectivity index (χ4v) is 4.50. The van der Waals surface area contributed by atoms with Crippen molar-refractivity contribution in [2.75, 3.05) is 6.54 Å². The van der Waals surface area contributed by atoms with Gasteiger partial charge in [0.15, 0.2) is 0 Å². The minimum Gasteiger partial charge on any atom is -0.545 e. The standard InChI is InChI=1S/C21H25ClF3N3O2Si/c1-12-14(8-7-13(11-26)16(12)22)27-19-28-10-9-15(30-31(5,6)20(2,3)4)17(28)18(29-19)21(23,24)25/h7-9,17-18H,10H2,1-6H3/t17-,18-/m1/s1. The monoisotopic (exact) mass is 471 g/mol. The number of amidine groups is 1. The molecule has 2 atom stereocenters. The zero-order valence-electron chi connectivity index (χ0n) is 18.3. The van der Waals surface area contributed by atoms with Crippen LogP contribution in [0.4, 0.5) is 18.9 Å². The molecule has 168 valence electrons. The van der Waals surface area contributed by atoms with Crippen LogP contribution in [0.15, 0.2) is 29.0 Å². The molecule has 0 aromatic heterocycles. The number of halogens is 4. The van der Waals surface area contributed by atoms with Gasteiger partial charge in [-0.05, 0) is 48.8 Å². The fraction of sp³-hybridized carbons (Fsp3) is 0.524. The molecule has 5 nitrogen and oxygen atoms in total. The van der Waals surface area contributed by atoms with Crippen molar-refractivity contribution in [3.05, 3.63) is 40.1 Å². The van der Waals surface area contributed by atoms with Gasteiger partial charge >= 0.3 is 6.18 Å². The van der Waals surface area contributed by atoms with Crippen molar-refractivity contribution in [3.63, 3.8) is 0 Å². The molecule has 0 saturated carbocycles. The Morgan fingerprint density at radius 2 is 1.94 bits per heavy atom. The Hall–Kier alpha value is -2.18. The van der Waals surface area contributed by atoms with Crippen LogP contribution in [0.25, 0.3) is 0 Å². The van der Waals surface area contributed by atoms with Crippen molar-refractivity contribution >= 4 is 31.6 Å². The molecule has 0 unspecified atom stereocenters. The van der Waals surface area contributed by atoms with E-state index < -0.39 is 26.6 Å². The van der Waals surface area contributed by atoms with E-state index in [0.29, 0.717) is 11.3 Å². The molecular weight excluding hydrogens is 447 g/mol. The topological polar surface area (TPSA) is 57.9 Å². The van der Waals surface area contributed by atoms with Gasteiger partial charge in [-0.3, -0.25) is 0 Å². The van der Waals surface area contributed by atoms with Crippen LogP contribution < -0.4 is 0 Å². The van der Waals surface area contributed by atoms with E-state index in [4.69, 9.17) is 26.0 Å². The molecule has 0 amide bonds. The number of fused-ring (bicyclic) bond motifs is 1. The summed E-state index contributed by atoms with van der Waals surface area (Å²) in [6.45, 7) is 11.9. The van der Waals surface area contributed by atoms with Gasteiger partial charge in [0.1, 0.15) is 17.9 Å². The zero-order valence-corrected chi connectivity index (χ0v) is 20.0. The molecule has 2 aliphatic heterocycles. The average molecular weight is 472 g/mol. The second-order valence-electron chi connectivity index (χ2n) is 9.22. The van der Waals surface area contributed by atoms with Crippen LogP contribution in [-0.4, -0.2) is 44.1 Å². The molecule has 0 bridgehead atoms. The van der Waals surface area contributed by atoms with E-state index in [1.807, 2.05) is 39.9 Å². The highest BCUT2D eigenvalue weighted by molar-refractivity contribution is 6.74. The molecule has 10 heteroatoms. The summed E-state index contributed by atoms with van der Waals surface area (Å²) in [6, 6.07) is 3.73. The molecule has 0 spiro atoms. The molecule has 0 radical (unpaired) electrons. The number of aliphatic imine (C=N–C) groups is 1. The van der Waals surface area contributed by atoms with Crippen LogP contribution in [0.3, 0.4) is 0 Å². The lowest BCUT2D eigenvalue weighted by atomic mass is 10.1. The normalized spacial score (nSPS) is 22.8. The van der Waals surface area contributed by atoms with Crippen LogP contribution in [-0.2, 0) is 9.16 Å². The van der Waals surface area contributed by atoms with Gasteiger partial charge in [0.05, 0.1) is 16.3 Å². The van der Waals surface area contributed by atoms with Crippen molar-refractivity contribution in [3.8, 4) is 6.07 Å². The summed E-state index contributed by atoms with van der Waals surface area (Å²) in [5, 5.41) is 9.15. The Kier molecular flexibility index (Phi) is 5.87. The minimum atomic E-state index is -4.60. The maximum absolute atomic E-state index is 13.9. The molecule has 0 aliphatic carbocycles. The van der Waals surface area contributed by atoms with Gasteiger partial charge in [-0.15, -0.1) is 0 Å². The van der Waals surface area contributed by atoms with Gasteiger partial charge in [0.2, 0.25) is 14.4 Å². The van der Waals surface area contributed by atoms with E-state index in [1.165, 1.54) is 11.0 Å². The molecular formula is C21H25ClF3N3O2Si. The summed E-state index contributed by atoms with van der Waals surface area (Å²) in [5.41, 5.74) is 1.11. The van der Waals surface area contributed by atoms with Gasteiger partial charge in [-0.2, -0.15) is 23.4 Å². The highest BCUT2D eigenvalue weighted by Gasteiger charge is 2.59. The Morgan fingerprint density at radius 1 is 1.29 bits per heavy atom. The second-order valence-corrected chi connectivity index (χ2v) is 14.3. The number of nitrogens with zero attached hydrogens (tertiary/aromatic N) is 3. The molecule has 2 heterocycles. The number of hydrogen-bond acceptors (Lipinski definition) is 4.